The molecule has 0 radical (unpaired) electrons. The second-order valence-electron chi connectivity index (χ2n) is 4.62. The second kappa shape index (κ2) is 8.95. The molecule has 116 valence electrons. The maximum atomic E-state index is 12.1. The molecule has 0 spiro atoms. The van der Waals surface area contributed by atoms with Crippen LogP contribution in [-0.2, 0) is 4.79 Å². The first-order valence-corrected chi connectivity index (χ1v) is 8.29. The highest BCUT2D eigenvalue weighted by molar-refractivity contribution is 8.00. The van der Waals surface area contributed by atoms with E-state index in [1.54, 1.807) is 12.1 Å². The molecule has 0 unspecified atom stereocenters. The summed E-state index contributed by atoms with van der Waals surface area (Å²) in [5.41, 5.74) is 0.0630. The molecule has 1 amide bonds. The highest BCUT2D eigenvalue weighted by Gasteiger charge is 2.14. The molecule has 0 aromatic heterocycles. The molecule has 0 atom stereocenters. The Balaban J connectivity index is 2.67. The molecule has 1 N–H and O–H groups in total. The fourth-order valence-corrected chi connectivity index (χ4v) is 2.93. The number of thioether (sulfide) groups is 1. The first-order chi connectivity index (χ1) is 9.99. The second-order valence-corrected chi connectivity index (χ2v) is 6.07. The van der Waals surface area contributed by atoms with Crippen molar-refractivity contribution in [3.63, 3.8) is 0 Å². The summed E-state index contributed by atoms with van der Waals surface area (Å²) < 4.78 is 0. The minimum Gasteiger partial charge on any atom is -0.478 e. The molecule has 0 saturated carbocycles. The van der Waals surface area contributed by atoms with Crippen molar-refractivity contribution in [2.75, 3.05) is 18.8 Å². The smallest absolute Gasteiger partial charge is 0.337 e. The predicted molar refractivity (Wildman–Crippen MR) is 86.3 cm³/mol. The van der Waals surface area contributed by atoms with Gasteiger partial charge in [0, 0.05) is 18.0 Å². The van der Waals surface area contributed by atoms with Crippen LogP contribution in [-0.4, -0.2) is 40.7 Å². The quantitative estimate of drug-likeness (QED) is 0.737. The summed E-state index contributed by atoms with van der Waals surface area (Å²) >= 11 is 7.16. The van der Waals surface area contributed by atoms with Crippen LogP contribution >= 0.6 is 23.4 Å². The maximum Gasteiger partial charge on any atom is 0.337 e. The third kappa shape index (κ3) is 5.59. The lowest BCUT2D eigenvalue weighted by molar-refractivity contribution is -0.128. The van der Waals surface area contributed by atoms with Gasteiger partial charge in [-0.05, 0) is 31.0 Å². The minimum absolute atomic E-state index is 0.0630. The first-order valence-electron chi connectivity index (χ1n) is 6.93. The Morgan fingerprint density at radius 1 is 1.24 bits per heavy atom. The minimum atomic E-state index is -1.06. The van der Waals surface area contributed by atoms with Crippen LogP contribution < -0.4 is 0 Å². The van der Waals surface area contributed by atoms with Crippen molar-refractivity contribution >= 4 is 35.2 Å². The summed E-state index contributed by atoms with van der Waals surface area (Å²) in [5, 5.41) is 9.23. The van der Waals surface area contributed by atoms with Crippen LogP contribution in [0.5, 0.6) is 0 Å². The van der Waals surface area contributed by atoms with Gasteiger partial charge in [0.15, 0.2) is 0 Å². The lowest BCUT2D eigenvalue weighted by Gasteiger charge is -2.21. The van der Waals surface area contributed by atoms with Crippen LogP contribution in [0, 0.1) is 0 Å². The van der Waals surface area contributed by atoms with E-state index in [-0.39, 0.29) is 16.5 Å². The molecule has 1 rings (SSSR count). The Morgan fingerprint density at radius 3 is 2.38 bits per heavy atom. The number of benzene rings is 1. The number of carbonyl (C=O) groups excluding carboxylic acids is 1. The van der Waals surface area contributed by atoms with Gasteiger partial charge >= 0.3 is 5.97 Å². The number of carboxylic acids is 1. The summed E-state index contributed by atoms with van der Waals surface area (Å²) in [7, 11) is 0. The Labute approximate surface area is 134 Å². The van der Waals surface area contributed by atoms with E-state index in [1.165, 1.54) is 17.8 Å². The van der Waals surface area contributed by atoms with Crippen LogP contribution in [0.15, 0.2) is 23.1 Å². The Bertz CT molecular complexity index is 502. The number of hydrogen-bond acceptors (Lipinski definition) is 3. The van der Waals surface area contributed by atoms with Crippen molar-refractivity contribution < 1.29 is 14.7 Å². The number of carbonyl (C=O) groups is 2. The zero-order valence-electron chi connectivity index (χ0n) is 12.3. The van der Waals surface area contributed by atoms with Gasteiger partial charge in [0.1, 0.15) is 0 Å². The topological polar surface area (TPSA) is 57.6 Å². The molecule has 1 aromatic rings. The number of carboxylic acid groups (broad SMARTS) is 1. The van der Waals surface area contributed by atoms with Gasteiger partial charge in [-0.3, -0.25) is 4.79 Å². The van der Waals surface area contributed by atoms with Crippen molar-refractivity contribution in [3.8, 4) is 0 Å². The van der Waals surface area contributed by atoms with Crippen molar-refractivity contribution in [1.29, 1.82) is 0 Å². The van der Waals surface area contributed by atoms with Gasteiger partial charge in [0.2, 0.25) is 5.91 Å². The highest BCUT2D eigenvalue weighted by Crippen LogP contribution is 2.25. The van der Waals surface area contributed by atoms with Crippen molar-refractivity contribution in [2.24, 2.45) is 0 Å². The molecule has 21 heavy (non-hydrogen) atoms. The van der Waals surface area contributed by atoms with Crippen LogP contribution in [0.2, 0.25) is 5.02 Å². The van der Waals surface area contributed by atoms with E-state index < -0.39 is 5.97 Å². The van der Waals surface area contributed by atoms with Gasteiger partial charge in [-0.2, -0.15) is 0 Å². The summed E-state index contributed by atoms with van der Waals surface area (Å²) in [5.74, 6) is -0.677. The number of aromatic carboxylic acids is 1. The Kier molecular flexibility index (Phi) is 7.61. The molecule has 0 saturated heterocycles. The molecule has 0 aliphatic rings. The average Bonchev–Trinajstić information content (AvgIpc) is 2.45. The molecule has 0 fully saturated rings. The number of rotatable bonds is 8. The number of nitrogens with zero attached hydrogens (tertiary/aromatic N) is 1. The summed E-state index contributed by atoms with van der Waals surface area (Å²) in [4.78, 5) is 25.7. The van der Waals surface area contributed by atoms with Crippen molar-refractivity contribution in [1.82, 2.24) is 4.90 Å². The lowest BCUT2D eigenvalue weighted by atomic mass is 10.2. The molecule has 0 aliphatic carbocycles. The van der Waals surface area contributed by atoms with Crippen molar-refractivity contribution in [2.45, 2.75) is 31.6 Å². The van der Waals surface area contributed by atoms with Gasteiger partial charge in [0.05, 0.1) is 16.3 Å². The lowest BCUT2D eigenvalue weighted by Crippen LogP contribution is -2.33. The standard InChI is InChI=1S/C15H20ClNO3S/c1-3-7-17(8-4-2)14(18)10-21-11-5-6-13(16)12(9-11)15(19)20/h5-6,9H,3-4,7-8,10H2,1-2H3,(H,19,20). The largest absolute Gasteiger partial charge is 0.478 e. The first kappa shape index (κ1) is 17.9. The number of amides is 1. The number of halogens is 1. The van der Waals surface area contributed by atoms with Gasteiger partial charge in [-0.25, -0.2) is 4.79 Å². The van der Waals surface area contributed by atoms with E-state index in [1.807, 2.05) is 18.7 Å². The molecule has 4 nitrogen and oxygen atoms in total. The zero-order valence-corrected chi connectivity index (χ0v) is 13.8. The van der Waals surface area contributed by atoms with E-state index >= 15 is 0 Å². The third-order valence-electron chi connectivity index (χ3n) is 2.87. The molecular weight excluding hydrogens is 310 g/mol. The van der Waals surface area contributed by atoms with Crippen LogP contribution in [0.3, 0.4) is 0 Å². The molecule has 0 aliphatic heterocycles. The molecule has 0 heterocycles. The van der Waals surface area contributed by atoms with Crippen molar-refractivity contribution in [3.05, 3.63) is 28.8 Å². The van der Waals surface area contributed by atoms with E-state index in [9.17, 15) is 9.59 Å². The molecule has 1 aromatic carbocycles. The summed E-state index contributed by atoms with van der Waals surface area (Å²) in [6, 6.07) is 4.79. The highest BCUT2D eigenvalue weighted by atomic mass is 35.5. The van der Waals surface area contributed by atoms with E-state index in [0.717, 1.165) is 30.8 Å². The van der Waals surface area contributed by atoms with E-state index in [4.69, 9.17) is 16.7 Å². The van der Waals surface area contributed by atoms with Crippen LogP contribution in [0.25, 0.3) is 0 Å². The van der Waals surface area contributed by atoms with E-state index in [2.05, 4.69) is 0 Å². The zero-order chi connectivity index (χ0) is 15.8. The third-order valence-corrected chi connectivity index (χ3v) is 4.18. The fraction of sp³-hybridized carbons (Fsp3) is 0.467. The van der Waals surface area contributed by atoms with Gasteiger partial charge in [0.25, 0.3) is 0 Å². The van der Waals surface area contributed by atoms with Gasteiger partial charge in [-0.1, -0.05) is 25.4 Å². The monoisotopic (exact) mass is 329 g/mol. The summed E-state index contributed by atoms with van der Waals surface area (Å²) in [6.07, 6.45) is 1.86. The van der Waals surface area contributed by atoms with Gasteiger partial charge in [-0.15, -0.1) is 11.8 Å². The van der Waals surface area contributed by atoms with E-state index in [0.29, 0.717) is 5.75 Å². The molecular formula is C15H20ClNO3S. The van der Waals surface area contributed by atoms with Gasteiger partial charge < -0.3 is 10.0 Å². The Hall–Kier alpha value is -1.20. The molecule has 0 bridgehead atoms. The van der Waals surface area contributed by atoms with Crippen LogP contribution in [0.4, 0.5) is 0 Å². The average molecular weight is 330 g/mol. The maximum absolute atomic E-state index is 12.1. The number of hydrogen-bond donors (Lipinski definition) is 1. The molecule has 6 heteroatoms. The SMILES string of the molecule is CCCN(CCC)C(=O)CSc1ccc(Cl)c(C(=O)O)c1. The normalized spacial score (nSPS) is 10.4. The van der Waals surface area contributed by atoms with Crippen LogP contribution in [0.1, 0.15) is 37.0 Å². The summed E-state index contributed by atoms with van der Waals surface area (Å²) in [6.45, 7) is 5.60. The fourth-order valence-electron chi connectivity index (χ4n) is 1.90. The Morgan fingerprint density at radius 2 is 1.86 bits per heavy atom. The predicted octanol–water partition coefficient (Wildman–Crippen LogP) is 3.78.